The topological polar surface area (TPSA) is 72.9 Å². The zero-order valence-corrected chi connectivity index (χ0v) is 13.5. The molecular weight excluding hydrogens is 305 g/mol. The first-order valence-corrected chi connectivity index (χ1v) is 8.51. The van der Waals surface area contributed by atoms with Crippen molar-refractivity contribution in [2.24, 2.45) is 0 Å². The predicted molar refractivity (Wildman–Crippen MR) is 81.8 cm³/mol. The number of hydrogen-bond donors (Lipinski definition) is 0. The van der Waals surface area contributed by atoms with Crippen molar-refractivity contribution in [3.05, 3.63) is 47.3 Å². The van der Waals surface area contributed by atoms with Crippen LogP contribution in [0.5, 0.6) is 0 Å². The first kappa shape index (κ1) is 16.6. The molecule has 0 saturated heterocycles. The number of fused-ring (bicyclic) bond motifs is 1. The Labute approximate surface area is 129 Å². The molecule has 0 atom stereocenters. The van der Waals surface area contributed by atoms with E-state index in [1.165, 1.54) is 0 Å². The summed E-state index contributed by atoms with van der Waals surface area (Å²) in [6, 6.07) is 6.55. The Morgan fingerprint density at radius 1 is 1.09 bits per heavy atom. The Balaban J connectivity index is 2.21. The van der Waals surface area contributed by atoms with Gasteiger partial charge in [-0.1, -0.05) is 18.7 Å². The number of amides is 2. The van der Waals surface area contributed by atoms with Gasteiger partial charge in [-0.3, -0.25) is 19.1 Å². The van der Waals surface area contributed by atoms with E-state index in [1.54, 1.807) is 38.1 Å². The van der Waals surface area contributed by atoms with Crippen molar-refractivity contribution in [2.75, 3.05) is 19.8 Å². The summed E-state index contributed by atoms with van der Waals surface area (Å²) in [5.41, 5.74) is 0.672. The molecule has 0 radical (unpaired) electrons. The van der Waals surface area contributed by atoms with Gasteiger partial charge in [-0.25, -0.2) is 0 Å². The molecule has 0 fully saturated rings. The molecule has 2 rings (SSSR count). The quantitative estimate of drug-likeness (QED) is 0.569. The molecule has 1 aromatic carbocycles. The average Bonchev–Trinajstić information content (AvgIpc) is 2.73. The van der Waals surface area contributed by atoms with Crippen LogP contribution in [0.4, 0.5) is 0 Å². The number of hydrogen-bond acceptors (Lipinski definition) is 5. The highest BCUT2D eigenvalue weighted by atomic mass is 31.2. The number of nitrogens with zero attached hydrogens (tertiary/aromatic N) is 1. The fourth-order valence-electron chi connectivity index (χ4n) is 2.21. The van der Waals surface area contributed by atoms with E-state index in [9.17, 15) is 14.2 Å². The molecule has 118 valence electrons. The molecular formula is C15H18NO5P. The minimum absolute atomic E-state index is 0.0886. The van der Waals surface area contributed by atoms with Gasteiger partial charge in [0.15, 0.2) is 0 Å². The molecule has 7 heteroatoms. The summed E-state index contributed by atoms with van der Waals surface area (Å²) >= 11 is 0. The highest BCUT2D eigenvalue weighted by molar-refractivity contribution is 7.58. The molecule has 1 aliphatic heterocycles. The maximum atomic E-state index is 12.6. The Bertz CT molecular complexity index is 625. The summed E-state index contributed by atoms with van der Waals surface area (Å²) in [4.78, 5) is 25.6. The highest BCUT2D eigenvalue weighted by Crippen LogP contribution is 2.55. The van der Waals surface area contributed by atoms with Crippen molar-refractivity contribution in [2.45, 2.75) is 13.8 Å². The molecule has 0 saturated carbocycles. The van der Waals surface area contributed by atoms with Crippen LogP contribution in [0.3, 0.4) is 0 Å². The monoisotopic (exact) mass is 323 g/mol. The Hall–Kier alpha value is -1.75. The second-order valence-corrected chi connectivity index (χ2v) is 6.79. The number of carbonyl (C=O) groups excluding carboxylic acids is 2. The van der Waals surface area contributed by atoms with Gasteiger partial charge >= 0.3 is 7.60 Å². The lowest BCUT2D eigenvalue weighted by Gasteiger charge is -2.22. The maximum Gasteiger partial charge on any atom is 0.358 e. The van der Waals surface area contributed by atoms with Gasteiger partial charge in [0.2, 0.25) is 0 Å². The van der Waals surface area contributed by atoms with E-state index in [-0.39, 0.29) is 25.1 Å². The summed E-state index contributed by atoms with van der Waals surface area (Å²) in [6.45, 7) is 7.23. The van der Waals surface area contributed by atoms with Gasteiger partial charge in [-0.2, -0.15) is 0 Å². The van der Waals surface area contributed by atoms with E-state index in [0.717, 1.165) is 4.90 Å². The number of carbonyl (C=O) groups is 2. The molecule has 0 N–H and O–H groups in total. The van der Waals surface area contributed by atoms with Gasteiger partial charge in [0, 0.05) is 0 Å². The van der Waals surface area contributed by atoms with Crippen molar-refractivity contribution in [1.82, 2.24) is 4.90 Å². The van der Waals surface area contributed by atoms with Crippen LogP contribution >= 0.6 is 7.60 Å². The molecule has 0 aromatic heterocycles. The second-order valence-electron chi connectivity index (χ2n) is 4.64. The second kappa shape index (κ2) is 6.57. The van der Waals surface area contributed by atoms with Crippen molar-refractivity contribution >= 4 is 19.4 Å². The summed E-state index contributed by atoms with van der Waals surface area (Å²) in [5.74, 6) is -0.859. The minimum Gasteiger partial charge on any atom is -0.306 e. The number of rotatable bonds is 7. The van der Waals surface area contributed by atoms with E-state index >= 15 is 0 Å². The minimum atomic E-state index is -3.55. The zero-order valence-electron chi connectivity index (χ0n) is 12.6. The molecule has 1 aromatic rings. The van der Waals surface area contributed by atoms with Crippen molar-refractivity contribution in [3.8, 4) is 0 Å². The third-order valence-electron chi connectivity index (χ3n) is 3.20. The van der Waals surface area contributed by atoms with Crippen LogP contribution < -0.4 is 0 Å². The normalized spacial score (nSPS) is 14.4. The molecule has 1 aliphatic rings. The average molecular weight is 323 g/mol. The van der Waals surface area contributed by atoms with Crippen molar-refractivity contribution in [3.63, 3.8) is 0 Å². The van der Waals surface area contributed by atoms with E-state index in [1.807, 2.05) is 0 Å². The standard InChI is InChI=1S/C15H18NO5P/c1-4-20-22(19,21-5-2)11(3)10-16-14(17)12-8-6-7-9-13(12)15(16)18/h6-9H,3-5,10H2,1-2H3. The van der Waals surface area contributed by atoms with E-state index in [2.05, 4.69) is 6.58 Å². The third-order valence-corrected chi connectivity index (χ3v) is 5.32. The molecule has 1 heterocycles. The SMILES string of the molecule is C=C(CN1C(=O)c2ccccc2C1=O)P(=O)(OCC)OCC. The summed E-state index contributed by atoms with van der Waals surface area (Å²) in [5, 5.41) is 0.0886. The van der Waals surface area contributed by atoms with E-state index in [4.69, 9.17) is 9.05 Å². The highest BCUT2D eigenvalue weighted by Gasteiger charge is 2.38. The van der Waals surface area contributed by atoms with E-state index < -0.39 is 19.4 Å². The van der Waals surface area contributed by atoms with Crippen LogP contribution in [-0.4, -0.2) is 36.5 Å². The fourth-order valence-corrected chi connectivity index (χ4v) is 3.65. The number of imide groups is 1. The van der Waals surface area contributed by atoms with Crippen LogP contribution in [0.1, 0.15) is 34.6 Å². The van der Waals surface area contributed by atoms with Gasteiger partial charge in [-0.15, -0.1) is 0 Å². The molecule has 0 bridgehead atoms. The van der Waals surface area contributed by atoms with Crippen LogP contribution in [0.25, 0.3) is 0 Å². The number of benzene rings is 1. The summed E-state index contributed by atoms with van der Waals surface area (Å²) in [7, 11) is -3.55. The largest absolute Gasteiger partial charge is 0.358 e. The van der Waals surface area contributed by atoms with Crippen molar-refractivity contribution < 1.29 is 23.2 Å². The third kappa shape index (κ3) is 2.90. The van der Waals surface area contributed by atoms with Crippen LogP contribution in [0, 0.1) is 0 Å². The first-order valence-electron chi connectivity index (χ1n) is 6.97. The summed E-state index contributed by atoms with van der Waals surface area (Å²) in [6.07, 6.45) is 0. The lowest BCUT2D eigenvalue weighted by molar-refractivity contribution is 0.0669. The van der Waals surface area contributed by atoms with Crippen molar-refractivity contribution in [1.29, 1.82) is 0 Å². The van der Waals surface area contributed by atoms with Crippen LogP contribution in [-0.2, 0) is 13.6 Å². The first-order chi connectivity index (χ1) is 10.4. The summed E-state index contributed by atoms with van der Waals surface area (Å²) < 4.78 is 22.9. The lowest BCUT2D eigenvalue weighted by Crippen LogP contribution is -2.31. The zero-order chi connectivity index (χ0) is 16.3. The Morgan fingerprint density at radius 3 is 1.95 bits per heavy atom. The van der Waals surface area contributed by atoms with Gasteiger partial charge in [0.1, 0.15) is 0 Å². The molecule has 6 nitrogen and oxygen atoms in total. The molecule has 2 amide bonds. The smallest absolute Gasteiger partial charge is 0.306 e. The molecule has 0 aliphatic carbocycles. The lowest BCUT2D eigenvalue weighted by atomic mass is 10.1. The van der Waals surface area contributed by atoms with Crippen LogP contribution in [0.2, 0.25) is 0 Å². The van der Waals surface area contributed by atoms with Gasteiger partial charge in [-0.05, 0) is 26.0 Å². The molecule has 0 unspecified atom stereocenters. The van der Waals surface area contributed by atoms with Gasteiger partial charge in [0.05, 0.1) is 36.2 Å². The fraction of sp³-hybridized carbons (Fsp3) is 0.333. The van der Waals surface area contributed by atoms with Gasteiger partial charge in [0.25, 0.3) is 11.8 Å². The molecule has 0 spiro atoms. The van der Waals surface area contributed by atoms with Crippen LogP contribution in [0.15, 0.2) is 36.2 Å². The predicted octanol–water partition coefficient (Wildman–Crippen LogP) is 3.06. The van der Waals surface area contributed by atoms with Gasteiger partial charge < -0.3 is 9.05 Å². The Kier molecular flexibility index (Phi) is 4.96. The Morgan fingerprint density at radius 2 is 1.55 bits per heavy atom. The maximum absolute atomic E-state index is 12.6. The molecule has 22 heavy (non-hydrogen) atoms. The van der Waals surface area contributed by atoms with E-state index in [0.29, 0.717) is 11.1 Å².